The first-order chi connectivity index (χ1) is 16.4. The maximum atomic E-state index is 13.6. The molecule has 0 saturated heterocycles. The number of rotatable bonds is 6. The third kappa shape index (κ3) is 3.73. The second-order valence-corrected chi connectivity index (χ2v) is 9.45. The molecule has 2 aromatic heterocycles. The van der Waals surface area contributed by atoms with Gasteiger partial charge in [-0.15, -0.1) is 5.10 Å². The van der Waals surface area contributed by atoms with Gasteiger partial charge in [-0.25, -0.2) is 4.68 Å². The number of aromatic nitrogens is 5. The molecule has 0 radical (unpaired) electrons. The van der Waals surface area contributed by atoms with Crippen molar-refractivity contribution in [2.75, 3.05) is 18.6 Å². The third-order valence-corrected chi connectivity index (χ3v) is 7.01. The van der Waals surface area contributed by atoms with Crippen LogP contribution in [0.5, 0.6) is 5.75 Å². The number of nitrogens with one attached hydrogen (secondary N) is 1. The number of tetrazole rings is 1. The summed E-state index contributed by atoms with van der Waals surface area (Å²) in [5.41, 5.74) is 3.30. The molecule has 0 aliphatic carbocycles. The van der Waals surface area contributed by atoms with Gasteiger partial charge < -0.3 is 14.6 Å². The van der Waals surface area contributed by atoms with Gasteiger partial charge in [-0.05, 0) is 78.8 Å². The molecule has 176 valence electrons. The van der Waals surface area contributed by atoms with Crippen LogP contribution < -0.4 is 15.2 Å². The number of para-hydroxylation sites is 1. The number of benzene rings is 2. The van der Waals surface area contributed by atoms with Gasteiger partial charge in [0, 0.05) is 23.9 Å². The molecule has 1 N–H and O–H groups in total. The smallest absolute Gasteiger partial charge is 0.254 e. The summed E-state index contributed by atoms with van der Waals surface area (Å²) in [7, 11) is 1.62. The Morgan fingerprint density at radius 1 is 1.18 bits per heavy atom. The Bertz CT molecular complexity index is 1390. The molecule has 4 aromatic rings. The van der Waals surface area contributed by atoms with Crippen LogP contribution in [0.3, 0.4) is 0 Å². The van der Waals surface area contributed by atoms with Gasteiger partial charge in [0.25, 0.3) is 5.56 Å². The molecule has 0 spiro atoms. The van der Waals surface area contributed by atoms with Gasteiger partial charge >= 0.3 is 0 Å². The van der Waals surface area contributed by atoms with Crippen molar-refractivity contribution in [1.29, 1.82) is 0 Å². The fraction of sp³-hybridized carbons (Fsp3) is 0.385. The van der Waals surface area contributed by atoms with Crippen LogP contribution in [0.15, 0.2) is 53.3 Å². The highest BCUT2D eigenvalue weighted by Crippen LogP contribution is 2.38. The normalized spacial score (nSPS) is 14.8. The predicted molar refractivity (Wildman–Crippen MR) is 133 cm³/mol. The second-order valence-electron chi connectivity index (χ2n) is 9.45. The van der Waals surface area contributed by atoms with Crippen molar-refractivity contribution >= 4 is 16.6 Å². The van der Waals surface area contributed by atoms with E-state index in [9.17, 15) is 4.79 Å². The van der Waals surface area contributed by atoms with E-state index >= 15 is 0 Å². The van der Waals surface area contributed by atoms with Gasteiger partial charge in [-0.3, -0.25) is 4.79 Å². The highest BCUT2D eigenvalue weighted by molar-refractivity contribution is 5.81. The van der Waals surface area contributed by atoms with Crippen molar-refractivity contribution in [2.45, 2.75) is 51.6 Å². The van der Waals surface area contributed by atoms with Gasteiger partial charge in [0.2, 0.25) is 0 Å². The lowest BCUT2D eigenvalue weighted by atomic mass is 9.95. The molecule has 0 amide bonds. The summed E-state index contributed by atoms with van der Waals surface area (Å²) in [6, 6.07) is 15.6. The number of ether oxygens (including phenoxy) is 1. The highest BCUT2D eigenvalue weighted by Gasteiger charge is 2.36. The quantitative estimate of drug-likeness (QED) is 0.466. The second kappa shape index (κ2) is 8.59. The van der Waals surface area contributed by atoms with Crippen molar-refractivity contribution in [3.8, 4) is 5.75 Å². The molecule has 0 saturated carbocycles. The molecule has 0 bridgehead atoms. The van der Waals surface area contributed by atoms with E-state index in [1.807, 2.05) is 35.0 Å². The lowest BCUT2D eigenvalue weighted by molar-refractivity contribution is 0.287. The van der Waals surface area contributed by atoms with Crippen LogP contribution >= 0.6 is 0 Å². The minimum Gasteiger partial charge on any atom is -0.497 e. The summed E-state index contributed by atoms with van der Waals surface area (Å²) in [5.74, 6) is 1.37. The number of hydrogen-bond donors (Lipinski definition) is 1. The molecular weight excluding hydrogens is 428 g/mol. The summed E-state index contributed by atoms with van der Waals surface area (Å²) in [4.78, 5) is 18.9. The fourth-order valence-corrected chi connectivity index (χ4v) is 4.75. The van der Waals surface area contributed by atoms with E-state index in [1.54, 1.807) is 7.11 Å². The van der Waals surface area contributed by atoms with E-state index < -0.39 is 6.04 Å². The number of hydrogen-bond acceptors (Lipinski definition) is 6. The SMILES string of the molecule is CCC(C)(C)n1nnnc1[C@@H](c1cc2ccc(OC)cc2[nH]c1=O)N1CCCc2ccccc21. The molecule has 3 heterocycles. The summed E-state index contributed by atoms with van der Waals surface area (Å²) >= 11 is 0. The van der Waals surface area contributed by atoms with E-state index in [0.29, 0.717) is 17.1 Å². The average Bonchev–Trinajstić information content (AvgIpc) is 3.35. The Morgan fingerprint density at radius 2 is 2.00 bits per heavy atom. The topological polar surface area (TPSA) is 88.9 Å². The maximum Gasteiger partial charge on any atom is 0.254 e. The predicted octanol–water partition coefficient (Wildman–Crippen LogP) is 4.21. The standard InChI is InChI=1S/C26H30N6O2/c1-5-26(2,3)32-24(28-29-30-32)23(31-14-8-10-17-9-6-7-11-22(17)31)20-15-18-12-13-19(34-4)16-21(18)27-25(20)33/h6-7,9,11-13,15-16,23H,5,8,10,14H2,1-4H3,(H,27,33)/t23-/m1/s1. The van der Waals surface area contributed by atoms with Crippen molar-refractivity contribution in [2.24, 2.45) is 0 Å². The van der Waals surface area contributed by atoms with Gasteiger partial charge in [-0.1, -0.05) is 25.1 Å². The van der Waals surface area contributed by atoms with Crippen LogP contribution in [0.1, 0.15) is 56.6 Å². The van der Waals surface area contributed by atoms with Crippen LogP contribution in [0.4, 0.5) is 5.69 Å². The van der Waals surface area contributed by atoms with Crippen LogP contribution in [0.25, 0.3) is 10.9 Å². The molecule has 8 heteroatoms. The Labute approximate surface area is 198 Å². The first kappa shape index (κ1) is 22.1. The molecule has 34 heavy (non-hydrogen) atoms. The van der Waals surface area contributed by atoms with Gasteiger partial charge in [0.1, 0.15) is 11.8 Å². The molecule has 8 nitrogen and oxygen atoms in total. The zero-order valence-electron chi connectivity index (χ0n) is 20.1. The molecule has 5 rings (SSSR count). The number of anilines is 1. The Kier molecular flexibility index (Phi) is 5.59. The van der Waals surface area contributed by atoms with E-state index in [4.69, 9.17) is 4.74 Å². The number of H-pyrrole nitrogens is 1. The van der Waals surface area contributed by atoms with Crippen molar-refractivity contribution in [3.63, 3.8) is 0 Å². The van der Waals surface area contributed by atoms with Gasteiger partial charge in [0.15, 0.2) is 5.82 Å². The number of fused-ring (bicyclic) bond motifs is 2. The zero-order chi connectivity index (χ0) is 23.9. The molecular formula is C26H30N6O2. The van der Waals surface area contributed by atoms with Gasteiger partial charge in [-0.2, -0.15) is 0 Å². The monoisotopic (exact) mass is 458 g/mol. The first-order valence-electron chi connectivity index (χ1n) is 11.8. The summed E-state index contributed by atoms with van der Waals surface area (Å²) in [6.45, 7) is 7.16. The number of aromatic amines is 1. The van der Waals surface area contributed by atoms with E-state index in [2.05, 4.69) is 64.4 Å². The maximum absolute atomic E-state index is 13.6. The molecule has 0 unspecified atom stereocenters. The summed E-state index contributed by atoms with van der Waals surface area (Å²) in [6.07, 6.45) is 2.86. The highest BCUT2D eigenvalue weighted by atomic mass is 16.5. The molecule has 1 aliphatic heterocycles. The number of methoxy groups -OCH3 is 1. The van der Waals surface area contributed by atoms with Crippen LogP contribution in [0, 0.1) is 0 Å². The van der Waals surface area contributed by atoms with Crippen LogP contribution in [-0.2, 0) is 12.0 Å². The van der Waals surface area contributed by atoms with Crippen molar-refractivity contribution in [3.05, 3.63) is 75.8 Å². The Morgan fingerprint density at radius 3 is 2.79 bits per heavy atom. The number of pyridine rings is 1. The molecule has 1 atom stereocenters. The van der Waals surface area contributed by atoms with E-state index in [0.717, 1.165) is 42.4 Å². The minimum absolute atomic E-state index is 0.155. The van der Waals surface area contributed by atoms with E-state index in [-0.39, 0.29) is 11.1 Å². The van der Waals surface area contributed by atoms with Crippen molar-refractivity contribution < 1.29 is 4.74 Å². The number of nitrogens with zero attached hydrogens (tertiary/aromatic N) is 5. The largest absolute Gasteiger partial charge is 0.497 e. The Hall–Kier alpha value is -3.68. The summed E-state index contributed by atoms with van der Waals surface area (Å²) in [5, 5.41) is 13.8. The lowest BCUT2D eigenvalue weighted by Crippen LogP contribution is -2.40. The minimum atomic E-state index is -0.433. The third-order valence-electron chi connectivity index (χ3n) is 7.01. The van der Waals surface area contributed by atoms with E-state index in [1.165, 1.54) is 5.56 Å². The zero-order valence-corrected chi connectivity index (χ0v) is 20.1. The van der Waals surface area contributed by atoms with Crippen LogP contribution in [-0.4, -0.2) is 38.8 Å². The lowest BCUT2D eigenvalue weighted by Gasteiger charge is -2.38. The fourth-order valence-electron chi connectivity index (χ4n) is 4.75. The Balaban J connectivity index is 1.75. The van der Waals surface area contributed by atoms with Crippen LogP contribution in [0.2, 0.25) is 0 Å². The number of aryl methyl sites for hydroxylation is 1. The molecule has 2 aromatic carbocycles. The molecule has 1 aliphatic rings. The summed E-state index contributed by atoms with van der Waals surface area (Å²) < 4.78 is 7.22. The first-order valence-corrected chi connectivity index (χ1v) is 11.8. The van der Waals surface area contributed by atoms with Gasteiger partial charge in [0.05, 0.1) is 18.2 Å². The van der Waals surface area contributed by atoms with Crippen molar-refractivity contribution in [1.82, 2.24) is 25.2 Å². The molecule has 0 fully saturated rings. The average molecular weight is 459 g/mol.